The van der Waals surface area contributed by atoms with Crippen LogP contribution in [0, 0.1) is 5.82 Å². The molecule has 8 rings (SSSR count). The van der Waals surface area contributed by atoms with Gasteiger partial charge in [0.05, 0.1) is 10.6 Å². The average molecular weight is 611 g/mol. The van der Waals surface area contributed by atoms with E-state index in [0.717, 1.165) is 56.1 Å². The Morgan fingerprint density at radius 3 is 2.67 bits per heavy atom. The van der Waals surface area contributed by atoms with Gasteiger partial charge < -0.3 is 15.0 Å². The van der Waals surface area contributed by atoms with Gasteiger partial charge in [-0.05, 0) is 66.8 Å². The molecule has 4 saturated heterocycles. The lowest BCUT2D eigenvalue weighted by Crippen LogP contribution is -2.51. The van der Waals surface area contributed by atoms with Gasteiger partial charge in [0.1, 0.15) is 24.1 Å². The van der Waals surface area contributed by atoms with Crippen molar-refractivity contribution in [1.82, 2.24) is 20.2 Å². The van der Waals surface area contributed by atoms with Crippen molar-refractivity contribution in [3.63, 3.8) is 0 Å². The lowest BCUT2D eigenvalue weighted by Gasteiger charge is -2.34. The standard InChI is InChI=1S/C32H31Cl2F2N5O/c33-19-10-18-4-1-2-5-23(18)24(11-19)27-26(34)12-25-29(28(27)36)38-31(39-30(25)40-15-21-6-7-22(16-40)37-21)42-17-32-8-3-9-41(32)14-20(35)13-32/h1-2,4-5,10-12,20-22,37H,3,6-9,13-17H2/t20-,21?,22?,32+/m1/s1. The number of fused-ring (bicyclic) bond motifs is 5. The third-order valence-corrected chi connectivity index (χ3v) is 10.2. The molecule has 218 valence electrons. The number of nitrogens with zero attached hydrogens (tertiary/aromatic N) is 4. The van der Waals surface area contributed by atoms with Gasteiger partial charge in [0.2, 0.25) is 0 Å². The van der Waals surface area contributed by atoms with Gasteiger partial charge in [-0.3, -0.25) is 4.90 Å². The summed E-state index contributed by atoms with van der Waals surface area (Å²) in [6.07, 6.45) is 3.63. The zero-order valence-corrected chi connectivity index (χ0v) is 24.6. The molecular weight excluding hydrogens is 579 g/mol. The molecule has 4 fully saturated rings. The van der Waals surface area contributed by atoms with Crippen molar-refractivity contribution < 1.29 is 13.5 Å². The van der Waals surface area contributed by atoms with Gasteiger partial charge in [-0.15, -0.1) is 0 Å². The minimum Gasteiger partial charge on any atom is -0.461 e. The maximum Gasteiger partial charge on any atom is 0.319 e. The monoisotopic (exact) mass is 609 g/mol. The van der Waals surface area contributed by atoms with Crippen molar-refractivity contribution in [2.75, 3.05) is 37.7 Å². The number of aromatic nitrogens is 2. The maximum absolute atomic E-state index is 16.8. The second kappa shape index (κ2) is 10.2. The summed E-state index contributed by atoms with van der Waals surface area (Å²) in [5.74, 6) is 0.0779. The van der Waals surface area contributed by atoms with Gasteiger partial charge in [0.25, 0.3) is 0 Å². The largest absolute Gasteiger partial charge is 0.461 e. The number of benzene rings is 3. The van der Waals surface area contributed by atoms with E-state index < -0.39 is 12.0 Å². The molecule has 0 aliphatic carbocycles. The number of nitrogens with one attached hydrogen (secondary N) is 1. The smallest absolute Gasteiger partial charge is 0.319 e. The predicted octanol–water partition coefficient (Wildman–Crippen LogP) is 6.79. The van der Waals surface area contributed by atoms with Gasteiger partial charge >= 0.3 is 6.01 Å². The van der Waals surface area contributed by atoms with Crippen molar-refractivity contribution in [2.45, 2.75) is 55.9 Å². The molecule has 1 aromatic heterocycles. The fourth-order valence-corrected chi connectivity index (χ4v) is 8.33. The third-order valence-electron chi connectivity index (χ3n) is 9.69. The van der Waals surface area contributed by atoms with Crippen LogP contribution in [-0.4, -0.2) is 71.4 Å². The summed E-state index contributed by atoms with van der Waals surface area (Å²) in [5, 5.41) is 6.69. The molecule has 4 aromatic rings. The zero-order valence-electron chi connectivity index (χ0n) is 23.1. The van der Waals surface area contributed by atoms with Crippen LogP contribution in [0.25, 0.3) is 32.8 Å². The molecule has 4 aliphatic rings. The molecule has 1 N–H and O–H groups in total. The second-order valence-corrected chi connectivity index (χ2v) is 13.2. The van der Waals surface area contributed by atoms with Crippen LogP contribution in [0.3, 0.4) is 0 Å². The Hall–Kier alpha value is -2.78. The van der Waals surface area contributed by atoms with Crippen LogP contribution in [0.15, 0.2) is 42.5 Å². The van der Waals surface area contributed by atoms with Crippen molar-refractivity contribution >= 4 is 50.7 Å². The Labute approximate surface area is 252 Å². The summed E-state index contributed by atoms with van der Waals surface area (Å²) in [7, 11) is 0. The average Bonchev–Trinajstić information content (AvgIpc) is 3.62. The molecule has 10 heteroatoms. The normalized spacial score (nSPS) is 27.3. The van der Waals surface area contributed by atoms with E-state index >= 15 is 4.39 Å². The predicted molar refractivity (Wildman–Crippen MR) is 163 cm³/mol. The van der Waals surface area contributed by atoms with E-state index in [4.69, 9.17) is 32.9 Å². The quantitative estimate of drug-likeness (QED) is 0.269. The molecule has 0 radical (unpaired) electrons. The topological polar surface area (TPSA) is 53.5 Å². The Balaban J connectivity index is 1.27. The fourth-order valence-electron chi connectivity index (χ4n) is 7.81. The Bertz CT molecular complexity index is 1710. The van der Waals surface area contributed by atoms with Crippen LogP contribution < -0.4 is 15.0 Å². The lowest BCUT2D eigenvalue weighted by molar-refractivity contribution is 0.107. The minimum absolute atomic E-state index is 0.107. The van der Waals surface area contributed by atoms with Crippen LogP contribution >= 0.6 is 23.2 Å². The van der Waals surface area contributed by atoms with E-state index in [-0.39, 0.29) is 34.3 Å². The number of piperazine rings is 1. The molecule has 0 spiro atoms. The number of halogens is 4. The number of hydrogen-bond donors (Lipinski definition) is 1. The summed E-state index contributed by atoms with van der Waals surface area (Å²) in [6, 6.07) is 13.9. The first-order chi connectivity index (χ1) is 20.4. The van der Waals surface area contributed by atoms with Crippen molar-refractivity contribution in [3.05, 3.63) is 58.3 Å². The first kappa shape index (κ1) is 26.8. The summed E-state index contributed by atoms with van der Waals surface area (Å²) in [4.78, 5) is 13.9. The van der Waals surface area contributed by atoms with E-state index in [0.29, 0.717) is 46.8 Å². The molecule has 5 heterocycles. The number of anilines is 1. The molecule has 6 nitrogen and oxygen atoms in total. The number of rotatable bonds is 5. The number of alkyl halides is 1. The van der Waals surface area contributed by atoms with Crippen LogP contribution in [0.5, 0.6) is 6.01 Å². The third kappa shape index (κ3) is 4.41. The van der Waals surface area contributed by atoms with E-state index in [1.165, 1.54) is 0 Å². The van der Waals surface area contributed by atoms with E-state index in [2.05, 4.69) is 20.1 Å². The van der Waals surface area contributed by atoms with E-state index in [1.807, 2.05) is 30.3 Å². The van der Waals surface area contributed by atoms with Crippen LogP contribution in [0.2, 0.25) is 10.0 Å². The summed E-state index contributed by atoms with van der Waals surface area (Å²) >= 11 is 13.4. The van der Waals surface area contributed by atoms with Gasteiger partial charge in [-0.1, -0.05) is 47.5 Å². The molecule has 4 aliphatic heterocycles. The highest BCUT2D eigenvalue weighted by Gasteiger charge is 2.49. The minimum atomic E-state index is -0.868. The summed E-state index contributed by atoms with van der Waals surface area (Å²) in [6.45, 7) is 3.07. The molecule has 3 aromatic carbocycles. The molecule has 0 saturated carbocycles. The van der Waals surface area contributed by atoms with Gasteiger partial charge in [0.15, 0.2) is 5.82 Å². The zero-order chi connectivity index (χ0) is 28.6. The molecule has 0 amide bonds. The maximum atomic E-state index is 16.8. The highest BCUT2D eigenvalue weighted by molar-refractivity contribution is 6.35. The number of ether oxygens (including phenoxy) is 1. The Morgan fingerprint density at radius 1 is 1.02 bits per heavy atom. The Morgan fingerprint density at radius 2 is 1.83 bits per heavy atom. The van der Waals surface area contributed by atoms with Gasteiger partial charge in [-0.2, -0.15) is 9.97 Å². The molecule has 4 atom stereocenters. The molecular formula is C32H31Cl2F2N5O. The van der Waals surface area contributed by atoms with Crippen LogP contribution in [0.1, 0.15) is 32.1 Å². The van der Waals surface area contributed by atoms with Crippen LogP contribution in [-0.2, 0) is 0 Å². The molecule has 2 bridgehead atoms. The first-order valence-electron chi connectivity index (χ1n) is 14.8. The van der Waals surface area contributed by atoms with Crippen LogP contribution in [0.4, 0.5) is 14.6 Å². The van der Waals surface area contributed by atoms with E-state index in [1.54, 1.807) is 12.1 Å². The highest BCUT2D eigenvalue weighted by atomic mass is 35.5. The van der Waals surface area contributed by atoms with Gasteiger partial charge in [-0.25, -0.2) is 8.78 Å². The van der Waals surface area contributed by atoms with Crippen molar-refractivity contribution in [3.8, 4) is 17.1 Å². The fraction of sp³-hybridized carbons (Fsp3) is 0.438. The SMILES string of the molecule is Fc1c(-c2cc(Cl)cc3ccccc23)c(Cl)cc2c(N3CC4CCC(C3)N4)nc(OC[C@@]34CCCN3C[C@H](F)C4)nc12. The van der Waals surface area contributed by atoms with Crippen molar-refractivity contribution in [1.29, 1.82) is 0 Å². The first-order valence-corrected chi connectivity index (χ1v) is 15.5. The van der Waals surface area contributed by atoms with Crippen molar-refractivity contribution in [2.24, 2.45) is 0 Å². The Kier molecular flexibility index (Phi) is 6.48. The lowest BCUT2D eigenvalue weighted by atomic mass is 9.95. The van der Waals surface area contributed by atoms with Gasteiger partial charge in [0, 0.05) is 54.1 Å². The highest BCUT2D eigenvalue weighted by Crippen LogP contribution is 2.44. The molecule has 2 unspecified atom stereocenters. The number of hydrogen-bond acceptors (Lipinski definition) is 6. The summed E-state index contributed by atoms with van der Waals surface area (Å²) < 4.78 is 37.5. The molecule has 42 heavy (non-hydrogen) atoms. The second-order valence-electron chi connectivity index (χ2n) is 12.4. The summed E-state index contributed by atoms with van der Waals surface area (Å²) in [5.41, 5.74) is 0.635. The van der Waals surface area contributed by atoms with E-state index in [9.17, 15) is 4.39 Å².